The summed E-state index contributed by atoms with van der Waals surface area (Å²) in [6, 6.07) is 14.7. The zero-order valence-electron chi connectivity index (χ0n) is 14.6. The topological polar surface area (TPSA) is 89.3 Å². The first-order valence-electron chi connectivity index (χ1n) is 8.63. The molecule has 1 aliphatic carbocycles. The minimum Gasteiger partial charge on any atom is -0.382 e. The Morgan fingerprint density at radius 3 is 2.54 bits per heavy atom. The Kier molecular flexibility index (Phi) is 5.27. The van der Waals surface area contributed by atoms with Gasteiger partial charge < -0.3 is 5.32 Å². The minimum atomic E-state index is -3.68. The SMILES string of the molecule is CS(=O)(=O)c1cc(NC2CCCC2Cc2ccccc2)ccc1[N+](=O)[O-]. The molecule has 26 heavy (non-hydrogen) atoms. The molecule has 2 unspecified atom stereocenters. The van der Waals surface area contributed by atoms with Crippen molar-refractivity contribution in [1.29, 1.82) is 0 Å². The van der Waals surface area contributed by atoms with Crippen LogP contribution in [0, 0.1) is 16.0 Å². The van der Waals surface area contributed by atoms with E-state index in [0.717, 1.165) is 31.9 Å². The number of hydrogen-bond donors (Lipinski definition) is 1. The van der Waals surface area contributed by atoms with Gasteiger partial charge in [-0.05, 0) is 42.9 Å². The van der Waals surface area contributed by atoms with Crippen molar-refractivity contribution in [3.05, 3.63) is 64.2 Å². The fraction of sp³-hybridized carbons (Fsp3) is 0.368. The highest BCUT2D eigenvalue weighted by atomic mass is 32.2. The van der Waals surface area contributed by atoms with Crippen LogP contribution in [0.5, 0.6) is 0 Å². The molecule has 7 heteroatoms. The molecule has 3 rings (SSSR count). The summed E-state index contributed by atoms with van der Waals surface area (Å²) >= 11 is 0. The molecule has 0 bridgehead atoms. The van der Waals surface area contributed by atoms with Gasteiger partial charge >= 0.3 is 0 Å². The summed E-state index contributed by atoms with van der Waals surface area (Å²) in [5.74, 6) is 0.453. The fourth-order valence-corrected chi connectivity index (χ4v) is 4.52. The fourth-order valence-electron chi connectivity index (χ4n) is 3.65. The van der Waals surface area contributed by atoms with E-state index < -0.39 is 14.8 Å². The van der Waals surface area contributed by atoms with Crippen molar-refractivity contribution in [1.82, 2.24) is 0 Å². The van der Waals surface area contributed by atoms with Gasteiger partial charge in [0, 0.05) is 24.1 Å². The highest BCUT2D eigenvalue weighted by Gasteiger charge is 2.28. The van der Waals surface area contributed by atoms with Crippen LogP contribution in [0.3, 0.4) is 0 Å². The molecule has 1 fully saturated rings. The smallest absolute Gasteiger partial charge is 0.288 e. The van der Waals surface area contributed by atoms with Crippen molar-refractivity contribution in [3.63, 3.8) is 0 Å². The molecule has 2 aromatic carbocycles. The van der Waals surface area contributed by atoms with Gasteiger partial charge in [0.2, 0.25) is 0 Å². The summed E-state index contributed by atoms with van der Waals surface area (Å²) in [7, 11) is -3.68. The van der Waals surface area contributed by atoms with E-state index in [1.807, 2.05) is 18.2 Å². The van der Waals surface area contributed by atoms with E-state index in [-0.39, 0.29) is 16.6 Å². The number of hydrogen-bond acceptors (Lipinski definition) is 5. The van der Waals surface area contributed by atoms with Crippen LogP contribution in [-0.2, 0) is 16.3 Å². The molecule has 0 aliphatic heterocycles. The number of benzene rings is 2. The zero-order valence-corrected chi connectivity index (χ0v) is 15.4. The highest BCUT2D eigenvalue weighted by molar-refractivity contribution is 7.90. The average Bonchev–Trinajstić information content (AvgIpc) is 3.01. The summed E-state index contributed by atoms with van der Waals surface area (Å²) in [6.45, 7) is 0. The van der Waals surface area contributed by atoms with E-state index in [4.69, 9.17) is 0 Å². The van der Waals surface area contributed by atoms with Gasteiger partial charge in [-0.1, -0.05) is 36.8 Å². The molecular weight excluding hydrogens is 352 g/mol. The first kappa shape index (κ1) is 18.4. The maximum Gasteiger partial charge on any atom is 0.288 e. The summed E-state index contributed by atoms with van der Waals surface area (Å²) in [6.07, 6.45) is 5.18. The second kappa shape index (κ2) is 7.45. The van der Waals surface area contributed by atoms with Crippen molar-refractivity contribution >= 4 is 21.2 Å². The number of nitrogens with zero attached hydrogens (tertiary/aromatic N) is 1. The molecule has 1 N–H and O–H groups in total. The summed E-state index contributed by atoms with van der Waals surface area (Å²) in [4.78, 5) is 10.2. The van der Waals surface area contributed by atoms with Gasteiger partial charge in [0.1, 0.15) is 4.90 Å². The Bertz CT molecular complexity index is 897. The zero-order chi connectivity index (χ0) is 18.7. The largest absolute Gasteiger partial charge is 0.382 e. The van der Waals surface area contributed by atoms with Crippen LogP contribution < -0.4 is 5.32 Å². The van der Waals surface area contributed by atoms with E-state index in [1.54, 1.807) is 6.07 Å². The van der Waals surface area contributed by atoms with Crippen LogP contribution in [0.2, 0.25) is 0 Å². The van der Waals surface area contributed by atoms with Gasteiger partial charge in [-0.25, -0.2) is 8.42 Å². The molecule has 1 aliphatic rings. The number of nitrogens with one attached hydrogen (secondary N) is 1. The molecule has 0 amide bonds. The monoisotopic (exact) mass is 374 g/mol. The molecular formula is C19H22N2O4S. The molecule has 2 aromatic rings. The van der Waals surface area contributed by atoms with E-state index in [9.17, 15) is 18.5 Å². The average molecular weight is 374 g/mol. The third-order valence-corrected chi connectivity index (χ3v) is 6.03. The number of sulfone groups is 1. The van der Waals surface area contributed by atoms with Gasteiger partial charge in [-0.3, -0.25) is 10.1 Å². The van der Waals surface area contributed by atoms with Gasteiger partial charge in [-0.15, -0.1) is 0 Å². The number of anilines is 1. The molecule has 138 valence electrons. The summed E-state index contributed by atoms with van der Waals surface area (Å²) in [5, 5.41) is 14.5. The molecule has 2 atom stereocenters. The van der Waals surface area contributed by atoms with Gasteiger partial charge in [-0.2, -0.15) is 0 Å². The van der Waals surface area contributed by atoms with Crippen molar-refractivity contribution < 1.29 is 13.3 Å². The Hall–Kier alpha value is -2.41. The number of nitro groups is 1. The van der Waals surface area contributed by atoms with E-state index in [0.29, 0.717) is 11.6 Å². The van der Waals surface area contributed by atoms with Gasteiger partial charge in [0.15, 0.2) is 9.84 Å². The predicted molar refractivity (Wildman–Crippen MR) is 101 cm³/mol. The number of nitro benzene ring substituents is 1. The maximum absolute atomic E-state index is 11.9. The van der Waals surface area contributed by atoms with Crippen molar-refractivity contribution in [3.8, 4) is 0 Å². The second-order valence-electron chi connectivity index (χ2n) is 6.84. The Balaban J connectivity index is 1.80. The standard InChI is InChI=1S/C19H22N2O4S/c1-26(24,25)19-13-16(10-11-18(19)21(22)23)20-17-9-5-8-15(17)12-14-6-3-2-4-7-14/h2-4,6-7,10-11,13,15,17,20H,5,8-9,12H2,1H3. The van der Waals surface area contributed by atoms with Crippen LogP contribution in [0.25, 0.3) is 0 Å². The lowest BCUT2D eigenvalue weighted by Crippen LogP contribution is -2.25. The van der Waals surface area contributed by atoms with Crippen molar-refractivity contribution in [2.75, 3.05) is 11.6 Å². The Morgan fingerprint density at radius 1 is 1.15 bits per heavy atom. The first-order valence-corrected chi connectivity index (χ1v) is 10.5. The molecule has 0 aromatic heterocycles. The minimum absolute atomic E-state index is 0.226. The number of rotatable bonds is 6. The Labute approximate surface area is 153 Å². The predicted octanol–water partition coefficient (Wildman–Crippen LogP) is 3.82. The first-order chi connectivity index (χ1) is 12.3. The second-order valence-corrected chi connectivity index (χ2v) is 8.83. The van der Waals surface area contributed by atoms with Crippen molar-refractivity contribution in [2.45, 2.75) is 36.6 Å². The molecule has 1 saturated carbocycles. The third-order valence-electron chi connectivity index (χ3n) is 4.91. The van der Waals surface area contributed by atoms with Gasteiger partial charge in [0.25, 0.3) is 5.69 Å². The van der Waals surface area contributed by atoms with Crippen LogP contribution in [0.4, 0.5) is 11.4 Å². The molecule has 0 saturated heterocycles. The quantitative estimate of drug-likeness (QED) is 0.613. The van der Waals surface area contributed by atoms with Crippen LogP contribution in [0.1, 0.15) is 24.8 Å². The lowest BCUT2D eigenvalue weighted by Gasteiger charge is -2.22. The maximum atomic E-state index is 11.9. The van der Waals surface area contributed by atoms with E-state index in [2.05, 4.69) is 17.4 Å². The van der Waals surface area contributed by atoms with Gasteiger partial charge in [0.05, 0.1) is 4.92 Å². The third kappa shape index (κ3) is 4.22. The molecule has 0 heterocycles. The highest BCUT2D eigenvalue weighted by Crippen LogP contribution is 2.33. The molecule has 0 radical (unpaired) electrons. The lowest BCUT2D eigenvalue weighted by molar-refractivity contribution is -0.387. The molecule has 0 spiro atoms. The van der Waals surface area contributed by atoms with Crippen LogP contribution in [0.15, 0.2) is 53.4 Å². The van der Waals surface area contributed by atoms with E-state index >= 15 is 0 Å². The summed E-state index contributed by atoms with van der Waals surface area (Å²) < 4.78 is 23.8. The van der Waals surface area contributed by atoms with E-state index in [1.165, 1.54) is 17.7 Å². The Morgan fingerprint density at radius 2 is 1.88 bits per heavy atom. The normalized spacial score (nSPS) is 20.0. The lowest BCUT2D eigenvalue weighted by atomic mass is 9.94. The summed E-state index contributed by atoms with van der Waals surface area (Å²) in [5.41, 5.74) is 1.51. The van der Waals surface area contributed by atoms with Crippen LogP contribution >= 0.6 is 0 Å². The van der Waals surface area contributed by atoms with Crippen LogP contribution in [-0.4, -0.2) is 25.6 Å². The molecule has 6 nitrogen and oxygen atoms in total. The van der Waals surface area contributed by atoms with Crippen molar-refractivity contribution in [2.24, 2.45) is 5.92 Å².